The molecule has 0 aromatic carbocycles. The van der Waals surface area contributed by atoms with E-state index in [1.165, 1.54) is 4.90 Å². The van der Waals surface area contributed by atoms with Crippen molar-refractivity contribution in [1.82, 2.24) is 9.80 Å². The van der Waals surface area contributed by atoms with Crippen molar-refractivity contribution >= 4 is 5.91 Å². The number of nitrogens with zero attached hydrogens (tertiary/aromatic N) is 2. The molecular weight excluding hydrogens is 244 g/mol. The molecule has 1 aromatic heterocycles. The van der Waals surface area contributed by atoms with Gasteiger partial charge in [0.15, 0.2) is 5.76 Å². The summed E-state index contributed by atoms with van der Waals surface area (Å²) in [5.41, 5.74) is 0. The van der Waals surface area contributed by atoms with Crippen molar-refractivity contribution in [3.05, 3.63) is 23.7 Å². The SMILES string of the molecule is CCN(CC)Cc1ccc(C(=O)N(C)CC(C)O)o1. The molecule has 0 bridgehead atoms. The molecule has 0 aliphatic rings. The van der Waals surface area contributed by atoms with Gasteiger partial charge in [0, 0.05) is 13.6 Å². The van der Waals surface area contributed by atoms with Gasteiger partial charge in [-0.1, -0.05) is 13.8 Å². The van der Waals surface area contributed by atoms with Crippen molar-refractivity contribution in [2.24, 2.45) is 0 Å². The van der Waals surface area contributed by atoms with Gasteiger partial charge in [-0.2, -0.15) is 0 Å². The molecule has 108 valence electrons. The fraction of sp³-hybridized carbons (Fsp3) is 0.643. The van der Waals surface area contributed by atoms with Gasteiger partial charge in [-0.05, 0) is 32.1 Å². The molecule has 0 fully saturated rings. The zero-order valence-corrected chi connectivity index (χ0v) is 12.2. The quantitative estimate of drug-likeness (QED) is 0.815. The van der Waals surface area contributed by atoms with Crippen molar-refractivity contribution in [3.63, 3.8) is 0 Å². The van der Waals surface area contributed by atoms with Crippen LogP contribution in [-0.4, -0.2) is 53.6 Å². The minimum atomic E-state index is -0.543. The number of rotatable bonds is 7. The first kappa shape index (κ1) is 15.7. The van der Waals surface area contributed by atoms with Gasteiger partial charge >= 0.3 is 0 Å². The van der Waals surface area contributed by atoms with Crippen LogP contribution in [0.2, 0.25) is 0 Å². The number of carbonyl (C=O) groups is 1. The average molecular weight is 268 g/mol. The highest BCUT2D eigenvalue weighted by molar-refractivity contribution is 5.91. The summed E-state index contributed by atoms with van der Waals surface area (Å²) in [5.74, 6) is 0.912. The van der Waals surface area contributed by atoms with E-state index in [1.54, 1.807) is 20.0 Å². The Morgan fingerprint density at radius 2 is 2.00 bits per heavy atom. The van der Waals surface area contributed by atoms with Crippen molar-refractivity contribution in [3.8, 4) is 0 Å². The Hall–Kier alpha value is -1.33. The van der Waals surface area contributed by atoms with E-state index >= 15 is 0 Å². The lowest BCUT2D eigenvalue weighted by Crippen LogP contribution is -2.32. The number of aliphatic hydroxyl groups is 1. The molecular formula is C14H24N2O3. The number of aliphatic hydroxyl groups excluding tert-OH is 1. The normalized spacial score (nSPS) is 12.7. The van der Waals surface area contributed by atoms with Crippen LogP contribution in [-0.2, 0) is 6.54 Å². The molecule has 1 N–H and O–H groups in total. The Morgan fingerprint density at radius 1 is 1.37 bits per heavy atom. The molecule has 1 amide bonds. The maximum absolute atomic E-state index is 12.0. The summed E-state index contributed by atoms with van der Waals surface area (Å²) < 4.78 is 5.57. The molecule has 0 saturated heterocycles. The first-order valence-electron chi connectivity index (χ1n) is 6.72. The van der Waals surface area contributed by atoms with E-state index in [9.17, 15) is 9.90 Å². The van der Waals surface area contributed by atoms with Crippen molar-refractivity contribution in [2.75, 3.05) is 26.7 Å². The average Bonchev–Trinajstić information content (AvgIpc) is 2.82. The molecule has 1 rings (SSSR count). The summed E-state index contributed by atoms with van der Waals surface area (Å²) in [4.78, 5) is 15.7. The maximum Gasteiger partial charge on any atom is 0.289 e. The first-order chi connectivity index (χ1) is 8.97. The van der Waals surface area contributed by atoms with E-state index < -0.39 is 6.10 Å². The summed E-state index contributed by atoms with van der Waals surface area (Å²) in [7, 11) is 1.65. The van der Waals surface area contributed by atoms with Crippen molar-refractivity contribution in [2.45, 2.75) is 33.4 Å². The van der Waals surface area contributed by atoms with E-state index in [0.717, 1.165) is 18.8 Å². The second kappa shape index (κ2) is 7.31. The third-order valence-corrected chi connectivity index (χ3v) is 3.03. The smallest absolute Gasteiger partial charge is 0.289 e. The number of furan rings is 1. The van der Waals surface area contributed by atoms with Crippen LogP contribution in [0.25, 0.3) is 0 Å². The van der Waals surface area contributed by atoms with E-state index in [0.29, 0.717) is 18.8 Å². The molecule has 5 nitrogen and oxygen atoms in total. The molecule has 1 heterocycles. The van der Waals surface area contributed by atoms with Crippen LogP contribution in [0.3, 0.4) is 0 Å². The van der Waals surface area contributed by atoms with Gasteiger partial charge in [0.05, 0.1) is 12.6 Å². The highest BCUT2D eigenvalue weighted by atomic mass is 16.4. The van der Waals surface area contributed by atoms with Crippen LogP contribution in [0.1, 0.15) is 37.1 Å². The van der Waals surface area contributed by atoms with Gasteiger partial charge in [0.2, 0.25) is 0 Å². The summed E-state index contributed by atoms with van der Waals surface area (Å²) in [6.45, 7) is 8.73. The maximum atomic E-state index is 12.0. The first-order valence-corrected chi connectivity index (χ1v) is 6.72. The van der Waals surface area contributed by atoms with Crippen molar-refractivity contribution < 1.29 is 14.3 Å². The summed E-state index contributed by atoms with van der Waals surface area (Å²) in [5, 5.41) is 9.28. The molecule has 1 aromatic rings. The molecule has 0 spiro atoms. The number of carbonyl (C=O) groups excluding carboxylic acids is 1. The summed E-state index contributed by atoms with van der Waals surface area (Å²) in [6.07, 6.45) is -0.543. The Morgan fingerprint density at radius 3 is 2.53 bits per heavy atom. The monoisotopic (exact) mass is 268 g/mol. The van der Waals surface area contributed by atoms with Gasteiger partial charge in [0.25, 0.3) is 5.91 Å². The van der Waals surface area contributed by atoms with Crippen LogP contribution in [0.15, 0.2) is 16.5 Å². The van der Waals surface area contributed by atoms with Gasteiger partial charge in [-0.3, -0.25) is 9.69 Å². The lowest BCUT2D eigenvalue weighted by Gasteiger charge is -2.17. The second-order valence-corrected chi connectivity index (χ2v) is 4.76. The Kier molecular flexibility index (Phi) is 6.05. The van der Waals surface area contributed by atoms with Crippen LogP contribution in [0.4, 0.5) is 0 Å². The van der Waals surface area contributed by atoms with E-state index in [2.05, 4.69) is 18.7 Å². The third kappa shape index (κ3) is 4.69. The van der Waals surface area contributed by atoms with E-state index in [1.807, 2.05) is 6.07 Å². The molecule has 5 heteroatoms. The van der Waals surface area contributed by atoms with Crippen LogP contribution < -0.4 is 0 Å². The molecule has 0 radical (unpaired) electrons. The summed E-state index contributed by atoms with van der Waals surface area (Å²) >= 11 is 0. The number of hydrogen-bond donors (Lipinski definition) is 1. The Balaban J connectivity index is 2.65. The largest absolute Gasteiger partial charge is 0.455 e. The molecule has 0 aliphatic carbocycles. The highest BCUT2D eigenvalue weighted by Crippen LogP contribution is 2.12. The summed E-state index contributed by atoms with van der Waals surface area (Å²) in [6, 6.07) is 3.53. The van der Waals surface area contributed by atoms with Crippen molar-refractivity contribution in [1.29, 1.82) is 0 Å². The van der Waals surface area contributed by atoms with Crippen LogP contribution in [0.5, 0.6) is 0 Å². The van der Waals surface area contributed by atoms with E-state index in [4.69, 9.17) is 4.42 Å². The minimum absolute atomic E-state index is 0.202. The van der Waals surface area contributed by atoms with Gasteiger partial charge in [-0.15, -0.1) is 0 Å². The second-order valence-electron chi connectivity index (χ2n) is 4.76. The molecule has 1 atom stereocenters. The standard InChI is InChI=1S/C14H24N2O3/c1-5-16(6-2)10-12-7-8-13(19-12)14(18)15(4)9-11(3)17/h7-8,11,17H,5-6,9-10H2,1-4H3. The minimum Gasteiger partial charge on any atom is -0.455 e. The third-order valence-electron chi connectivity index (χ3n) is 3.03. The molecule has 19 heavy (non-hydrogen) atoms. The van der Waals surface area contributed by atoms with Crippen LogP contribution >= 0.6 is 0 Å². The predicted octanol–water partition coefficient (Wildman–Crippen LogP) is 1.57. The zero-order chi connectivity index (χ0) is 14.4. The fourth-order valence-corrected chi connectivity index (χ4v) is 1.91. The number of amides is 1. The number of hydrogen-bond acceptors (Lipinski definition) is 4. The molecule has 0 saturated carbocycles. The Labute approximate surface area is 114 Å². The van der Waals surface area contributed by atoms with E-state index in [-0.39, 0.29) is 5.91 Å². The molecule has 1 unspecified atom stereocenters. The topological polar surface area (TPSA) is 56.9 Å². The Bertz CT molecular complexity index is 397. The van der Waals surface area contributed by atoms with Crippen LogP contribution in [0, 0.1) is 0 Å². The predicted molar refractivity (Wildman–Crippen MR) is 74.0 cm³/mol. The number of likely N-dealkylation sites (N-methyl/N-ethyl adjacent to an activating group) is 1. The molecule has 0 aliphatic heterocycles. The highest BCUT2D eigenvalue weighted by Gasteiger charge is 2.17. The van der Waals surface area contributed by atoms with Gasteiger partial charge in [-0.25, -0.2) is 0 Å². The lowest BCUT2D eigenvalue weighted by molar-refractivity contribution is 0.0670. The van der Waals surface area contributed by atoms with Gasteiger partial charge in [0.1, 0.15) is 5.76 Å². The zero-order valence-electron chi connectivity index (χ0n) is 12.2. The lowest BCUT2D eigenvalue weighted by atomic mass is 10.3. The fourth-order valence-electron chi connectivity index (χ4n) is 1.91. The van der Waals surface area contributed by atoms with Gasteiger partial charge < -0.3 is 14.4 Å².